The minimum Gasteiger partial charge on any atom is -0.497 e. The maximum atomic E-state index is 5.16. The molecule has 0 aliphatic rings. The van der Waals surface area contributed by atoms with Gasteiger partial charge in [0.1, 0.15) is 5.75 Å². The number of thioether (sulfide) groups is 1. The lowest BCUT2D eigenvalue weighted by molar-refractivity contribution is 0.414. The quantitative estimate of drug-likeness (QED) is 0.592. The molecular formula is C14H13BrN4OS2. The number of hydrogen-bond acceptors (Lipinski definition) is 6. The van der Waals surface area contributed by atoms with Crippen molar-refractivity contribution in [2.75, 3.05) is 7.11 Å². The fourth-order valence-corrected chi connectivity index (χ4v) is 4.27. The molecule has 0 saturated heterocycles. The molecule has 5 nitrogen and oxygen atoms in total. The lowest BCUT2D eigenvalue weighted by atomic mass is 10.2. The monoisotopic (exact) mass is 396 g/mol. The molecule has 22 heavy (non-hydrogen) atoms. The second-order valence-corrected chi connectivity index (χ2v) is 7.95. The van der Waals surface area contributed by atoms with Gasteiger partial charge in [-0.1, -0.05) is 23.9 Å². The van der Waals surface area contributed by atoms with E-state index in [1.165, 1.54) is 4.88 Å². The van der Waals surface area contributed by atoms with Gasteiger partial charge in [0.25, 0.3) is 0 Å². The van der Waals surface area contributed by atoms with Crippen LogP contribution in [0.2, 0.25) is 0 Å². The molecule has 0 unspecified atom stereocenters. The van der Waals surface area contributed by atoms with Crippen molar-refractivity contribution >= 4 is 39.0 Å². The summed E-state index contributed by atoms with van der Waals surface area (Å²) in [5, 5.41) is 12.8. The number of thiophene rings is 1. The molecule has 3 rings (SSSR count). The Hall–Kier alpha value is -1.38. The predicted octanol–water partition coefficient (Wildman–Crippen LogP) is 3.85. The van der Waals surface area contributed by atoms with Gasteiger partial charge in [-0.15, -0.1) is 16.4 Å². The fourth-order valence-electron chi connectivity index (χ4n) is 1.87. The number of hydrogen-bond donors (Lipinski definition) is 0. The SMILES string of the molecule is COc1ccc(Cn2nnnc2SCc2ccc(Br)s2)cc1. The van der Waals surface area contributed by atoms with E-state index in [0.29, 0.717) is 6.54 Å². The van der Waals surface area contributed by atoms with Crippen LogP contribution in [0.1, 0.15) is 10.4 Å². The van der Waals surface area contributed by atoms with E-state index < -0.39 is 0 Å². The molecular weight excluding hydrogens is 384 g/mol. The molecule has 3 aromatic rings. The van der Waals surface area contributed by atoms with Crippen LogP contribution in [-0.2, 0) is 12.3 Å². The summed E-state index contributed by atoms with van der Waals surface area (Å²) < 4.78 is 8.12. The molecule has 0 N–H and O–H groups in total. The number of nitrogens with zero attached hydrogens (tertiary/aromatic N) is 4. The van der Waals surface area contributed by atoms with E-state index in [9.17, 15) is 0 Å². The summed E-state index contributed by atoms with van der Waals surface area (Å²) in [6, 6.07) is 12.1. The third kappa shape index (κ3) is 3.88. The van der Waals surface area contributed by atoms with Crippen LogP contribution in [0.5, 0.6) is 5.75 Å². The van der Waals surface area contributed by atoms with E-state index in [1.807, 2.05) is 28.9 Å². The summed E-state index contributed by atoms with van der Waals surface area (Å²) in [5.41, 5.74) is 1.13. The lowest BCUT2D eigenvalue weighted by Gasteiger charge is -2.05. The van der Waals surface area contributed by atoms with Gasteiger partial charge in [-0.05, 0) is 56.2 Å². The van der Waals surface area contributed by atoms with Crippen LogP contribution in [0.25, 0.3) is 0 Å². The number of ether oxygens (including phenoxy) is 1. The van der Waals surface area contributed by atoms with Crippen molar-refractivity contribution in [3.05, 3.63) is 50.6 Å². The van der Waals surface area contributed by atoms with E-state index in [2.05, 4.69) is 43.6 Å². The van der Waals surface area contributed by atoms with Crippen molar-refractivity contribution in [3.8, 4) is 5.75 Å². The third-order valence-corrected chi connectivity index (χ3v) is 5.78. The van der Waals surface area contributed by atoms with Crippen molar-refractivity contribution in [1.82, 2.24) is 20.2 Å². The maximum absolute atomic E-state index is 5.16. The van der Waals surface area contributed by atoms with Crippen molar-refractivity contribution < 1.29 is 4.74 Å². The van der Waals surface area contributed by atoms with Crippen LogP contribution in [0.4, 0.5) is 0 Å². The molecule has 0 amide bonds. The van der Waals surface area contributed by atoms with Crippen LogP contribution >= 0.6 is 39.0 Å². The molecule has 0 aliphatic carbocycles. The van der Waals surface area contributed by atoms with Crippen molar-refractivity contribution in [2.24, 2.45) is 0 Å². The van der Waals surface area contributed by atoms with Gasteiger partial charge in [-0.25, -0.2) is 4.68 Å². The van der Waals surface area contributed by atoms with E-state index in [4.69, 9.17) is 4.74 Å². The summed E-state index contributed by atoms with van der Waals surface area (Å²) >= 11 is 6.84. The summed E-state index contributed by atoms with van der Waals surface area (Å²) in [4.78, 5) is 1.29. The first-order chi connectivity index (χ1) is 10.7. The molecule has 0 spiro atoms. The average molecular weight is 397 g/mol. The Bertz CT molecular complexity index is 741. The van der Waals surface area contributed by atoms with Gasteiger partial charge in [-0.2, -0.15) is 0 Å². The van der Waals surface area contributed by atoms with Crippen LogP contribution < -0.4 is 4.74 Å². The maximum Gasteiger partial charge on any atom is 0.209 e. The van der Waals surface area contributed by atoms with Crippen molar-refractivity contribution in [2.45, 2.75) is 17.5 Å². The predicted molar refractivity (Wildman–Crippen MR) is 91.5 cm³/mol. The van der Waals surface area contributed by atoms with Gasteiger partial charge < -0.3 is 4.74 Å². The Morgan fingerprint density at radius 2 is 2.05 bits per heavy atom. The highest BCUT2D eigenvalue weighted by Crippen LogP contribution is 2.28. The average Bonchev–Trinajstić information content (AvgIpc) is 3.15. The molecule has 1 aromatic carbocycles. The number of methoxy groups -OCH3 is 1. The first-order valence-corrected chi connectivity index (χ1v) is 9.10. The number of tetrazole rings is 1. The Morgan fingerprint density at radius 1 is 1.23 bits per heavy atom. The molecule has 2 heterocycles. The molecule has 0 atom stereocenters. The van der Waals surface area contributed by atoms with E-state index in [0.717, 1.165) is 26.0 Å². The van der Waals surface area contributed by atoms with Crippen LogP contribution in [0.15, 0.2) is 45.3 Å². The summed E-state index contributed by atoms with van der Waals surface area (Å²) in [5.74, 6) is 1.71. The van der Waals surface area contributed by atoms with Gasteiger partial charge in [0.2, 0.25) is 5.16 Å². The molecule has 2 aromatic heterocycles. The van der Waals surface area contributed by atoms with Crippen LogP contribution in [0.3, 0.4) is 0 Å². The molecule has 0 aliphatic heterocycles. The summed E-state index contributed by atoms with van der Waals surface area (Å²) in [6.07, 6.45) is 0. The third-order valence-electron chi connectivity index (χ3n) is 2.96. The number of rotatable bonds is 6. The number of aromatic nitrogens is 4. The highest BCUT2D eigenvalue weighted by Gasteiger charge is 2.09. The molecule has 0 fully saturated rings. The van der Waals surface area contributed by atoms with Gasteiger partial charge in [0.05, 0.1) is 17.4 Å². The Balaban J connectivity index is 1.66. The Morgan fingerprint density at radius 3 is 2.73 bits per heavy atom. The second kappa shape index (κ2) is 7.26. The molecule has 114 valence electrons. The second-order valence-electron chi connectivity index (χ2n) is 4.46. The van der Waals surface area contributed by atoms with Crippen molar-refractivity contribution in [1.29, 1.82) is 0 Å². The number of halogens is 1. The minimum atomic E-state index is 0.646. The summed E-state index contributed by atoms with van der Waals surface area (Å²) in [6.45, 7) is 0.646. The highest BCUT2D eigenvalue weighted by atomic mass is 79.9. The Kier molecular flexibility index (Phi) is 5.12. The fraction of sp³-hybridized carbons (Fsp3) is 0.214. The smallest absolute Gasteiger partial charge is 0.209 e. The van der Waals surface area contributed by atoms with Gasteiger partial charge in [0, 0.05) is 10.6 Å². The van der Waals surface area contributed by atoms with Gasteiger partial charge >= 0.3 is 0 Å². The highest BCUT2D eigenvalue weighted by molar-refractivity contribution is 9.11. The van der Waals surface area contributed by atoms with E-state index in [1.54, 1.807) is 30.2 Å². The minimum absolute atomic E-state index is 0.646. The van der Waals surface area contributed by atoms with E-state index >= 15 is 0 Å². The Labute approximate surface area is 144 Å². The largest absolute Gasteiger partial charge is 0.497 e. The van der Waals surface area contributed by atoms with Crippen LogP contribution in [-0.4, -0.2) is 27.3 Å². The van der Waals surface area contributed by atoms with Gasteiger partial charge in [0.15, 0.2) is 0 Å². The van der Waals surface area contributed by atoms with Gasteiger partial charge in [-0.3, -0.25) is 0 Å². The number of benzene rings is 1. The topological polar surface area (TPSA) is 52.8 Å². The first-order valence-electron chi connectivity index (χ1n) is 6.51. The molecule has 8 heteroatoms. The standard InChI is InChI=1S/C14H13BrN4OS2/c1-20-11-4-2-10(3-5-11)8-19-14(16-17-18-19)21-9-12-6-7-13(15)22-12/h2-7H,8-9H2,1H3. The normalized spacial score (nSPS) is 10.8. The zero-order chi connectivity index (χ0) is 15.4. The lowest BCUT2D eigenvalue weighted by Crippen LogP contribution is -2.03. The molecule has 0 bridgehead atoms. The van der Waals surface area contributed by atoms with Crippen molar-refractivity contribution in [3.63, 3.8) is 0 Å². The zero-order valence-corrected chi connectivity index (χ0v) is 15.0. The zero-order valence-electron chi connectivity index (χ0n) is 11.8. The molecule has 0 saturated carbocycles. The first kappa shape index (κ1) is 15.5. The van der Waals surface area contributed by atoms with Crippen LogP contribution in [0, 0.1) is 0 Å². The van der Waals surface area contributed by atoms with E-state index in [-0.39, 0.29) is 0 Å². The summed E-state index contributed by atoms with van der Waals surface area (Å²) in [7, 11) is 1.66. The molecule has 0 radical (unpaired) electrons.